The van der Waals surface area contributed by atoms with Crippen molar-refractivity contribution in [3.63, 3.8) is 0 Å². The van der Waals surface area contributed by atoms with Crippen molar-refractivity contribution in [3.8, 4) is 0 Å². The van der Waals surface area contributed by atoms with Crippen LogP contribution in [0.25, 0.3) is 0 Å². The minimum atomic E-state index is 0.103. The van der Waals surface area contributed by atoms with Crippen LogP contribution in [0, 0.1) is 33.1 Å². The molecule has 0 bridgehead atoms. The number of carbonyl (C=O) groups excluding carboxylic acids is 1. The van der Waals surface area contributed by atoms with Gasteiger partial charge in [-0.3, -0.25) is 4.79 Å². The third-order valence-electron chi connectivity index (χ3n) is 6.33. The molecule has 2 fully saturated rings. The number of hydrogen-bond donors (Lipinski definition) is 1. The normalized spacial score (nSPS) is 20.5. The summed E-state index contributed by atoms with van der Waals surface area (Å²) in [5, 5.41) is 3.26. The minimum Gasteiger partial charge on any atom is -0.351 e. The predicted octanol–water partition coefficient (Wildman–Crippen LogP) is 2.68. The van der Waals surface area contributed by atoms with Crippen LogP contribution in [0.1, 0.15) is 45.5 Å². The van der Waals surface area contributed by atoms with Crippen molar-refractivity contribution < 1.29 is 4.79 Å². The molecule has 3 rings (SSSR count). The molecule has 1 aliphatic heterocycles. The SMILES string of the molecule is Cc1cc(C)c(C)c(C(=O)NCC2(CN3CCN(C)CC3)CC2)c1C. The van der Waals surface area contributed by atoms with Crippen LogP contribution in [0.2, 0.25) is 0 Å². The van der Waals surface area contributed by atoms with Gasteiger partial charge in [-0.15, -0.1) is 0 Å². The third-order valence-corrected chi connectivity index (χ3v) is 6.33. The van der Waals surface area contributed by atoms with Gasteiger partial charge in [-0.2, -0.15) is 0 Å². The second-order valence-electron chi connectivity index (χ2n) is 8.40. The number of benzene rings is 1. The van der Waals surface area contributed by atoms with Gasteiger partial charge in [0.05, 0.1) is 0 Å². The molecule has 1 aliphatic carbocycles. The molecule has 1 amide bonds. The van der Waals surface area contributed by atoms with Crippen molar-refractivity contribution in [1.29, 1.82) is 0 Å². The molecule has 0 atom stereocenters. The van der Waals surface area contributed by atoms with Crippen LogP contribution in [-0.2, 0) is 0 Å². The number of aryl methyl sites for hydroxylation is 2. The van der Waals surface area contributed by atoms with E-state index in [9.17, 15) is 4.79 Å². The molecule has 0 radical (unpaired) electrons. The van der Waals surface area contributed by atoms with Crippen molar-refractivity contribution in [3.05, 3.63) is 33.9 Å². The standard InChI is InChI=1S/C21H33N3O/c1-15-12-16(2)18(4)19(17(15)3)20(25)22-13-21(6-7-21)14-24-10-8-23(5)9-11-24/h12H,6-11,13-14H2,1-5H3,(H,22,25). The van der Waals surface area contributed by atoms with Crippen LogP contribution in [0.15, 0.2) is 6.07 Å². The van der Waals surface area contributed by atoms with E-state index in [0.29, 0.717) is 5.41 Å². The Bertz CT molecular complexity index is 629. The summed E-state index contributed by atoms with van der Waals surface area (Å²) in [5.41, 5.74) is 5.83. The fourth-order valence-electron chi connectivity index (χ4n) is 3.96. The fourth-order valence-corrected chi connectivity index (χ4v) is 3.96. The Balaban J connectivity index is 1.61. The van der Waals surface area contributed by atoms with Crippen molar-refractivity contribution >= 4 is 5.91 Å². The number of hydrogen-bond acceptors (Lipinski definition) is 3. The smallest absolute Gasteiger partial charge is 0.251 e. The molecule has 4 nitrogen and oxygen atoms in total. The van der Waals surface area contributed by atoms with Gasteiger partial charge in [0, 0.05) is 50.2 Å². The molecule has 138 valence electrons. The Labute approximate surface area is 152 Å². The van der Waals surface area contributed by atoms with Crippen LogP contribution in [0.4, 0.5) is 0 Å². The van der Waals surface area contributed by atoms with Gasteiger partial charge in [-0.1, -0.05) is 6.07 Å². The summed E-state index contributed by atoms with van der Waals surface area (Å²) in [6.07, 6.45) is 2.48. The molecular weight excluding hydrogens is 310 g/mol. The van der Waals surface area contributed by atoms with Gasteiger partial charge in [0.2, 0.25) is 0 Å². The number of rotatable bonds is 5. The van der Waals surface area contributed by atoms with Crippen LogP contribution < -0.4 is 5.32 Å². The molecule has 1 aromatic rings. The largest absolute Gasteiger partial charge is 0.351 e. The molecule has 1 saturated carbocycles. The van der Waals surface area contributed by atoms with Crippen LogP contribution >= 0.6 is 0 Å². The summed E-state index contributed by atoms with van der Waals surface area (Å²) in [5.74, 6) is 0.103. The number of likely N-dealkylation sites (N-methyl/N-ethyl adjacent to an activating group) is 1. The first-order valence-electron chi connectivity index (χ1n) is 9.58. The van der Waals surface area contributed by atoms with Crippen molar-refractivity contribution in [2.24, 2.45) is 5.41 Å². The summed E-state index contributed by atoms with van der Waals surface area (Å²) in [4.78, 5) is 17.8. The molecule has 4 heteroatoms. The zero-order chi connectivity index (χ0) is 18.2. The number of piperazine rings is 1. The van der Waals surface area contributed by atoms with Gasteiger partial charge >= 0.3 is 0 Å². The lowest BCUT2D eigenvalue weighted by atomic mass is 9.93. The van der Waals surface area contributed by atoms with E-state index in [4.69, 9.17) is 0 Å². The monoisotopic (exact) mass is 343 g/mol. The van der Waals surface area contributed by atoms with Gasteiger partial charge in [0.15, 0.2) is 0 Å². The van der Waals surface area contributed by atoms with E-state index < -0.39 is 0 Å². The van der Waals surface area contributed by atoms with E-state index in [0.717, 1.165) is 56.0 Å². The third kappa shape index (κ3) is 4.06. The van der Waals surface area contributed by atoms with Gasteiger partial charge < -0.3 is 15.1 Å². The summed E-state index contributed by atoms with van der Waals surface area (Å²) in [6, 6.07) is 2.18. The summed E-state index contributed by atoms with van der Waals surface area (Å²) >= 11 is 0. The maximum atomic E-state index is 12.9. The maximum Gasteiger partial charge on any atom is 0.251 e. The van der Waals surface area contributed by atoms with E-state index in [-0.39, 0.29) is 5.91 Å². The van der Waals surface area contributed by atoms with E-state index in [2.05, 4.69) is 55.9 Å². The Hall–Kier alpha value is -1.39. The van der Waals surface area contributed by atoms with Gasteiger partial charge in [-0.25, -0.2) is 0 Å². The number of carbonyl (C=O) groups is 1. The molecule has 1 heterocycles. The van der Waals surface area contributed by atoms with Crippen molar-refractivity contribution in [2.45, 2.75) is 40.5 Å². The van der Waals surface area contributed by atoms with E-state index >= 15 is 0 Å². The Morgan fingerprint density at radius 3 is 2.12 bits per heavy atom. The topological polar surface area (TPSA) is 35.6 Å². The van der Waals surface area contributed by atoms with Gasteiger partial charge in [0.1, 0.15) is 0 Å². The Kier molecular flexibility index (Phi) is 5.21. The molecule has 0 aromatic heterocycles. The average Bonchev–Trinajstić information content (AvgIpc) is 3.34. The quantitative estimate of drug-likeness (QED) is 0.893. The van der Waals surface area contributed by atoms with Crippen molar-refractivity contribution in [2.75, 3.05) is 46.3 Å². The van der Waals surface area contributed by atoms with Gasteiger partial charge in [-0.05, 0) is 69.8 Å². The molecule has 0 spiro atoms. The van der Waals surface area contributed by atoms with E-state index in [1.54, 1.807) is 0 Å². The second-order valence-corrected chi connectivity index (χ2v) is 8.40. The maximum absolute atomic E-state index is 12.9. The average molecular weight is 344 g/mol. The highest BCUT2D eigenvalue weighted by atomic mass is 16.1. The molecule has 1 saturated heterocycles. The Morgan fingerprint density at radius 1 is 1.04 bits per heavy atom. The highest BCUT2D eigenvalue weighted by molar-refractivity contribution is 5.97. The second kappa shape index (κ2) is 7.08. The number of nitrogens with zero attached hydrogens (tertiary/aromatic N) is 2. The van der Waals surface area contributed by atoms with Crippen LogP contribution in [0.5, 0.6) is 0 Å². The number of nitrogens with one attached hydrogen (secondary N) is 1. The molecule has 0 unspecified atom stereocenters. The van der Waals surface area contributed by atoms with Gasteiger partial charge in [0.25, 0.3) is 5.91 Å². The fraction of sp³-hybridized carbons (Fsp3) is 0.667. The zero-order valence-corrected chi connectivity index (χ0v) is 16.5. The molecule has 25 heavy (non-hydrogen) atoms. The first-order valence-corrected chi connectivity index (χ1v) is 9.58. The lowest BCUT2D eigenvalue weighted by Gasteiger charge is -2.35. The highest BCUT2D eigenvalue weighted by Crippen LogP contribution is 2.45. The predicted molar refractivity (Wildman–Crippen MR) is 103 cm³/mol. The number of amides is 1. The van der Waals surface area contributed by atoms with Crippen LogP contribution in [0.3, 0.4) is 0 Å². The van der Waals surface area contributed by atoms with Crippen molar-refractivity contribution in [1.82, 2.24) is 15.1 Å². The molecule has 1 aromatic carbocycles. The summed E-state index contributed by atoms with van der Waals surface area (Å²) in [6.45, 7) is 14.9. The summed E-state index contributed by atoms with van der Waals surface area (Å²) < 4.78 is 0. The zero-order valence-electron chi connectivity index (χ0n) is 16.5. The lowest BCUT2D eigenvalue weighted by molar-refractivity contribution is 0.0925. The van der Waals surface area contributed by atoms with E-state index in [1.165, 1.54) is 24.0 Å². The first kappa shape index (κ1) is 18.4. The highest BCUT2D eigenvalue weighted by Gasteiger charge is 2.44. The lowest BCUT2D eigenvalue weighted by Crippen LogP contribution is -2.48. The molecule has 1 N–H and O–H groups in total. The molecular formula is C21H33N3O. The van der Waals surface area contributed by atoms with Crippen LogP contribution in [-0.4, -0.2) is 62.0 Å². The summed E-state index contributed by atoms with van der Waals surface area (Å²) in [7, 11) is 2.19. The minimum absolute atomic E-state index is 0.103. The first-order chi connectivity index (χ1) is 11.8. The Morgan fingerprint density at radius 2 is 1.60 bits per heavy atom. The van der Waals surface area contributed by atoms with E-state index in [1.807, 2.05) is 0 Å². The molecule has 2 aliphatic rings.